The first-order valence-electron chi connectivity index (χ1n) is 7.15. The van der Waals surface area contributed by atoms with Crippen molar-refractivity contribution >= 4 is 28.4 Å². The molecule has 1 nitrogen and oxygen atoms in total. The summed E-state index contributed by atoms with van der Waals surface area (Å²) in [5.74, 6) is -30.2. The van der Waals surface area contributed by atoms with Gasteiger partial charge in [0.05, 0.1) is 11.1 Å². The lowest BCUT2D eigenvalue weighted by molar-refractivity contribution is 0.0630. The van der Waals surface area contributed by atoms with Gasteiger partial charge in [0.2, 0.25) is 23.1 Å². The molecule has 158 valence electrons. The van der Waals surface area contributed by atoms with E-state index < -0.39 is 91.6 Å². The molecule has 0 amide bonds. The second kappa shape index (κ2) is 8.07. The predicted molar refractivity (Wildman–Crippen MR) is 83.1 cm³/mol. The van der Waals surface area contributed by atoms with E-state index in [0.717, 1.165) is 0 Å². The summed E-state index contributed by atoms with van der Waals surface area (Å²) in [6, 6.07) is 0. The van der Waals surface area contributed by atoms with Gasteiger partial charge < -0.3 is 0 Å². The van der Waals surface area contributed by atoms with Gasteiger partial charge in [-0.2, -0.15) is 0 Å². The fourth-order valence-electron chi connectivity index (χ4n) is 2.44. The number of rotatable bonds is 5. The van der Waals surface area contributed by atoms with Gasteiger partial charge in [0.15, 0.2) is 46.5 Å². The molecule has 13 heteroatoms. The van der Waals surface area contributed by atoms with Crippen LogP contribution in [0.3, 0.4) is 0 Å². The smallest absolute Gasteiger partial charge is 0.210 e. The largest absolute Gasteiger partial charge is 0.290 e. The molecule has 0 aromatic heterocycles. The SMILES string of the molecule is O=C(c1c(F)c(F)c(F)c(F)c1F)C(F)(CCI)c1c(F)c(F)c(F)c(F)c1F. The molecule has 0 radical (unpaired) electrons. The number of ketones is 1. The molecule has 0 N–H and O–H groups in total. The summed E-state index contributed by atoms with van der Waals surface area (Å²) in [6.45, 7) is 0. The Morgan fingerprint density at radius 1 is 0.621 bits per heavy atom. The average molecular weight is 548 g/mol. The van der Waals surface area contributed by atoms with Gasteiger partial charge >= 0.3 is 0 Å². The summed E-state index contributed by atoms with van der Waals surface area (Å²) in [6.07, 6.45) is -1.43. The van der Waals surface area contributed by atoms with Crippen molar-refractivity contribution in [3.05, 3.63) is 69.3 Å². The van der Waals surface area contributed by atoms with Crippen LogP contribution >= 0.6 is 22.6 Å². The van der Waals surface area contributed by atoms with E-state index in [2.05, 4.69) is 0 Å². The molecule has 0 saturated carbocycles. The van der Waals surface area contributed by atoms with E-state index in [0.29, 0.717) is 0 Å². The Kier molecular flexibility index (Phi) is 6.49. The molecule has 1 atom stereocenters. The van der Waals surface area contributed by atoms with E-state index >= 15 is 4.39 Å². The second-order valence-corrected chi connectivity index (χ2v) is 6.54. The number of halogens is 12. The van der Waals surface area contributed by atoms with Crippen molar-refractivity contribution < 1.29 is 53.1 Å². The lowest BCUT2D eigenvalue weighted by Gasteiger charge is -2.25. The molecule has 1 unspecified atom stereocenters. The Morgan fingerprint density at radius 3 is 1.28 bits per heavy atom. The van der Waals surface area contributed by atoms with Crippen LogP contribution in [0.2, 0.25) is 0 Å². The van der Waals surface area contributed by atoms with Crippen molar-refractivity contribution in [2.45, 2.75) is 12.1 Å². The molecule has 0 spiro atoms. The number of hydrogen-bond donors (Lipinski definition) is 0. The number of Topliss-reactive ketones (excluding diaryl/α,β-unsaturated/α-hetero) is 1. The average Bonchev–Trinajstić information content (AvgIpc) is 2.68. The van der Waals surface area contributed by atoms with Crippen LogP contribution in [-0.4, -0.2) is 10.2 Å². The third-order valence-electron chi connectivity index (χ3n) is 3.84. The summed E-state index contributed by atoms with van der Waals surface area (Å²) in [5.41, 5.74) is -9.21. The fraction of sp³-hybridized carbons (Fsp3) is 0.188. The normalized spacial score (nSPS) is 13.5. The molecular formula is C16H4F11IO. The van der Waals surface area contributed by atoms with Crippen LogP contribution in [0, 0.1) is 58.2 Å². The molecule has 0 aliphatic heterocycles. The number of carbonyl (C=O) groups is 1. The summed E-state index contributed by atoms with van der Waals surface area (Å²) >= 11 is 1.28. The highest BCUT2D eigenvalue weighted by molar-refractivity contribution is 14.1. The van der Waals surface area contributed by atoms with Gasteiger partial charge in [-0.1, -0.05) is 22.6 Å². The number of carbonyl (C=O) groups excluding carboxylic acids is 1. The molecule has 0 fully saturated rings. The maximum atomic E-state index is 15.4. The van der Waals surface area contributed by atoms with Crippen molar-refractivity contribution in [3.63, 3.8) is 0 Å². The van der Waals surface area contributed by atoms with Crippen LogP contribution in [0.1, 0.15) is 22.3 Å². The van der Waals surface area contributed by atoms with E-state index in [1.165, 1.54) is 22.6 Å². The van der Waals surface area contributed by atoms with Gasteiger partial charge in [-0.25, -0.2) is 48.3 Å². The first-order valence-corrected chi connectivity index (χ1v) is 8.68. The van der Waals surface area contributed by atoms with Crippen LogP contribution in [0.25, 0.3) is 0 Å². The third kappa shape index (κ3) is 3.46. The van der Waals surface area contributed by atoms with Crippen molar-refractivity contribution in [2.75, 3.05) is 4.43 Å². The van der Waals surface area contributed by atoms with E-state index in [-0.39, 0.29) is 0 Å². The zero-order chi connectivity index (χ0) is 22.4. The van der Waals surface area contributed by atoms with Crippen LogP contribution in [0.4, 0.5) is 48.3 Å². The summed E-state index contributed by atoms with van der Waals surface area (Å²) in [4.78, 5) is 12.3. The first-order chi connectivity index (χ1) is 13.3. The van der Waals surface area contributed by atoms with Crippen molar-refractivity contribution in [1.82, 2.24) is 0 Å². The highest BCUT2D eigenvalue weighted by Crippen LogP contribution is 2.41. The Bertz CT molecular complexity index is 965. The van der Waals surface area contributed by atoms with Gasteiger partial charge in [0, 0.05) is 10.8 Å². The molecule has 0 aliphatic rings. The molecule has 2 rings (SSSR count). The molecule has 0 heterocycles. The number of benzene rings is 2. The monoisotopic (exact) mass is 548 g/mol. The Labute approximate surface area is 167 Å². The van der Waals surface area contributed by atoms with E-state index in [1.807, 2.05) is 0 Å². The second-order valence-electron chi connectivity index (χ2n) is 5.46. The minimum atomic E-state index is -4.36. The summed E-state index contributed by atoms with van der Waals surface area (Å²) in [7, 11) is 0. The van der Waals surface area contributed by atoms with Crippen molar-refractivity contribution in [2.24, 2.45) is 0 Å². The third-order valence-corrected chi connectivity index (χ3v) is 4.38. The van der Waals surface area contributed by atoms with Gasteiger partial charge in [-0.05, 0) is 0 Å². The van der Waals surface area contributed by atoms with E-state index in [1.54, 1.807) is 0 Å². The Hall–Kier alpha value is -1.93. The standard InChI is InChI=1S/C16H4F11IO/c17-5-3(6(18)10(22)13(25)9(5)21)15(29)16(27,1-2-28)4-7(19)11(23)14(26)12(24)8(4)20/h1-2H2. The highest BCUT2D eigenvalue weighted by Gasteiger charge is 2.50. The van der Waals surface area contributed by atoms with Crippen molar-refractivity contribution in [3.8, 4) is 0 Å². The lowest BCUT2D eigenvalue weighted by atomic mass is 9.84. The molecular weight excluding hydrogens is 544 g/mol. The Balaban J connectivity index is 2.92. The quantitative estimate of drug-likeness (QED) is 0.113. The van der Waals surface area contributed by atoms with Crippen LogP contribution in [0.15, 0.2) is 0 Å². The van der Waals surface area contributed by atoms with Crippen LogP contribution < -0.4 is 0 Å². The lowest BCUT2D eigenvalue weighted by Crippen LogP contribution is -2.37. The molecule has 0 bridgehead atoms. The van der Waals surface area contributed by atoms with Gasteiger partial charge in [0.25, 0.3) is 0 Å². The Morgan fingerprint density at radius 2 is 0.931 bits per heavy atom. The molecule has 0 saturated heterocycles. The fourth-order valence-corrected chi connectivity index (χ4v) is 3.18. The molecule has 0 aliphatic carbocycles. The summed E-state index contributed by atoms with van der Waals surface area (Å²) in [5, 5.41) is 0. The van der Waals surface area contributed by atoms with E-state index in [9.17, 15) is 48.7 Å². The number of alkyl halides is 2. The van der Waals surface area contributed by atoms with Crippen LogP contribution in [-0.2, 0) is 5.67 Å². The number of hydrogen-bond acceptors (Lipinski definition) is 1. The zero-order valence-electron chi connectivity index (χ0n) is 13.4. The minimum Gasteiger partial charge on any atom is -0.290 e. The zero-order valence-corrected chi connectivity index (χ0v) is 15.5. The highest BCUT2D eigenvalue weighted by atomic mass is 127. The van der Waals surface area contributed by atoms with E-state index in [4.69, 9.17) is 0 Å². The van der Waals surface area contributed by atoms with Crippen LogP contribution in [0.5, 0.6) is 0 Å². The van der Waals surface area contributed by atoms with Gasteiger partial charge in [0.1, 0.15) is 0 Å². The maximum Gasteiger partial charge on any atom is 0.210 e. The minimum absolute atomic E-state index is 0.602. The maximum absolute atomic E-state index is 15.4. The molecule has 29 heavy (non-hydrogen) atoms. The summed E-state index contributed by atoms with van der Waals surface area (Å²) < 4.78 is 150. The topological polar surface area (TPSA) is 17.1 Å². The predicted octanol–water partition coefficient (Wildman–Crippen LogP) is 5.95. The van der Waals surface area contributed by atoms with Crippen molar-refractivity contribution in [1.29, 1.82) is 0 Å². The first kappa shape index (κ1) is 23.3. The van der Waals surface area contributed by atoms with Gasteiger partial charge in [-0.3, -0.25) is 4.79 Å². The molecule has 2 aromatic rings. The van der Waals surface area contributed by atoms with Gasteiger partial charge in [-0.15, -0.1) is 0 Å². The molecule has 2 aromatic carbocycles.